The molecular formula is C11H9FN2O4. The van der Waals surface area contributed by atoms with Crippen LogP contribution in [0.4, 0.5) is 15.8 Å². The normalized spacial score (nSPS) is 9.22. The van der Waals surface area contributed by atoms with Crippen molar-refractivity contribution in [2.45, 2.75) is 6.92 Å². The molecule has 0 aliphatic rings. The fourth-order valence-electron chi connectivity index (χ4n) is 1.25. The second-order valence-electron chi connectivity index (χ2n) is 3.19. The zero-order valence-corrected chi connectivity index (χ0v) is 9.36. The molecule has 0 saturated carbocycles. The van der Waals surface area contributed by atoms with Crippen molar-refractivity contribution >= 4 is 17.3 Å². The van der Waals surface area contributed by atoms with E-state index in [1.807, 2.05) is 0 Å². The molecule has 94 valence electrons. The van der Waals surface area contributed by atoms with Crippen molar-refractivity contribution in [3.05, 3.63) is 33.6 Å². The van der Waals surface area contributed by atoms with E-state index in [1.165, 1.54) is 0 Å². The first-order valence-corrected chi connectivity index (χ1v) is 4.82. The van der Waals surface area contributed by atoms with Gasteiger partial charge in [-0.05, 0) is 13.0 Å². The Kier molecular flexibility index (Phi) is 4.21. The maximum absolute atomic E-state index is 13.3. The summed E-state index contributed by atoms with van der Waals surface area (Å²) in [6.07, 6.45) is 0. The highest BCUT2D eigenvalue weighted by Gasteiger charge is 2.21. The van der Waals surface area contributed by atoms with E-state index < -0.39 is 28.0 Å². The van der Waals surface area contributed by atoms with Crippen LogP contribution in [0.3, 0.4) is 0 Å². The molecule has 1 aromatic rings. The lowest BCUT2D eigenvalue weighted by molar-refractivity contribution is -0.384. The van der Waals surface area contributed by atoms with E-state index in [0.717, 1.165) is 6.07 Å². The minimum atomic E-state index is -1.49. The number of anilines is 1. The fraction of sp³-hybridized carbons (Fsp3) is 0.182. The molecule has 0 aliphatic carbocycles. The number of hydrogen-bond acceptors (Lipinski definition) is 4. The number of rotatable bonds is 4. The molecule has 0 aromatic heterocycles. The van der Waals surface area contributed by atoms with Crippen molar-refractivity contribution in [3.8, 4) is 11.8 Å². The van der Waals surface area contributed by atoms with Gasteiger partial charge in [0.15, 0.2) is 0 Å². The molecule has 0 atom stereocenters. The monoisotopic (exact) mass is 252 g/mol. The van der Waals surface area contributed by atoms with Crippen LogP contribution in [0.2, 0.25) is 0 Å². The molecular weight excluding hydrogens is 243 g/mol. The van der Waals surface area contributed by atoms with E-state index in [0.29, 0.717) is 6.07 Å². The first-order chi connectivity index (χ1) is 8.47. The molecule has 18 heavy (non-hydrogen) atoms. The summed E-state index contributed by atoms with van der Waals surface area (Å²) in [7, 11) is 0. The van der Waals surface area contributed by atoms with Crippen LogP contribution in [-0.2, 0) is 0 Å². The highest BCUT2D eigenvalue weighted by molar-refractivity contribution is 5.90. The SMILES string of the molecule is CC#CCNc1cc(C(=O)O)c(F)cc1[N+](=O)[O-]. The number of carboxylic acids is 1. The van der Waals surface area contributed by atoms with Crippen LogP contribution in [0.15, 0.2) is 12.1 Å². The highest BCUT2D eigenvalue weighted by Crippen LogP contribution is 2.27. The Hall–Kier alpha value is -2.62. The van der Waals surface area contributed by atoms with Gasteiger partial charge in [-0.25, -0.2) is 9.18 Å². The standard InChI is InChI=1S/C11H9FN2O4/c1-2-3-4-13-9-5-7(11(15)16)8(12)6-10(9)14(17)18/h5-6,13H,4H2,1H3,(H,15,16). The predicted molar refractivity (Wildman–Crippen MR) is 62.0 cm³/mol. The van der Waals surface area contributed by atoms with Crippen molar-refractivity contribution in [2.75, 3.05) is 11.9 Å². The van der Waals surface area contributed by atoms with Gasteiger partial charge in [0.1, 0.15) is 11.5 Å². The van der Waals surface area contributed by atoms with Gasteiger partial charge >= 0.3 is 5.97 Å². The summed E-state index contributed by atoms with van der Waals surface area (Å²) in [4.78, 5) is 20.6. The number of nitrogens with zero attached hydrogens (tertiary/aromatic N) is 1. The van der Waals surface area contributed by atoms with Gasteiger partial charge in [0.2, 0.25) is 0 Å². The summed E-state index contributed by atoms with van der Waals surface area (Å²) in [5.74, 6) is 2.52. The summed E-state index contributed by atoms with van der Waals surface area (Å²) >= 11 is 0. The Morgan fingerprint density at radius 3 is 2.78 bits per heavy atom. The quantitative estimate of drug-likeness (QED) is 0.484. The fourth-order valence-corrected chi connectivity index (χ4v) is 1.25. The molecule has 0 radical (unpaired) electrons. The molecule has 0 fully saturated rings. The van der Waals surface area contributed by atoms with Gasteiger partial charge in [0.25, 0.3) is 5.69 Å². The highest BCUT2D eigenvalue weighted by atomic mass is 19.1. The van der Waals surface area contributed by atoms with Crippen LogP contribution in [0.25, 0.3) is 0 Å². The van der Waals surface area contributed by atoms with E-state index in [9.17, 15) is 19.3 Å². The molecule has 1 rings (SSSR count). The summed E-state index contributed by atoms with van der Waals surface area (Å²) in [6, 6.07) is 1.46. The van der Waals surface area contributed by atoms with E-state index in [1.54, 1.807) is 6.92 Å². The smallest absolute Gasteiger partial charge is 0.338 e. The van der Waals surface area contributed by atoms with Gasteiger partial charge < -0.3 is 10.4 Å². The number of nitrogens with one attached hydrogen (secondary N) is 1. The van der Waals surface area contributed by atoms with Crippen molar-refractivity contribution in [3.63, 3.8) is 0 Å². The molecule has 1 aromatic carbocycles. The lowest BCUT2D eigenvalue weighted by Gasteiger charge is -2.06. The molecule has 2 N–H and O–H groups in total. The number of halogens is 1. The molecule has 0 spiro atoms. The number of carbonyl (C=O) groups is 1. The third kappa shape index (κ3) is 2.95. The van der Waals surface area contributed by atoms with Crippen molar-refractivity contribution in [1.82, 2.24) is 0 Å². The lowest BCUT2D eigenvalue weighted by atomic mass is 10.1. The zero-order chi connectivity index (χ0) is 13.7. The molecule has 0 amide bonds. The van der Waals surface area contributed by atoms with Crippen LogP contribution in [0.5, 0.6) is 0 Å². The average Bonchev–Trinajstić information content (AvgIpc) is 2.30. The Labute approximate surface area is 102 Å². The second kappa shape index (κ2) is 5.63. The average molecular weight is 252 g/mol. The first kappa shape index (κ1) is 13.4. The number of hydrogen-bond donors (Lipinski definition) is 2. The maximum atomic E-state index is 13.3. The van der Waals surface area contributed by atoms with E-state index in [4.69, 9.17) is 5.11 Å². The van der Waals surface area contributed by atoms with Crippen LogP contribution < -0.4 is 5.32 Å². The van der Waals surface area contributed by atoms with Gasteiger partial charge in [-0.2, -0.15) is 0 Å². The number of nitro groups is 1. The number of aromatic carboxylic acids is 1. The second-order valence-corrected chi connectivity index (χ2v) is 3.19. The lowest BCUT2D eigenvalue weighted by Crippen LogP contribution is -2.07. The van der Waals surface area contributed by atoms with Crippen LogP contribution >= 0.6 is 0 Å². The molecule has 0 unspecified atom stereocenters. The van der Waals surface area contributed by atoms with Crippen LogP contribution in [-0.4, -0.2) is 22.5 Å². The van der Waals surface area contributed by atoms with Crippen LogP contribution in [0.1, 0.15) is 17.3 Å². The van der Waals surface area contributed by atoms with Crippen molar-refractivity contribution in [1.29, 1.82) is 0 Å². The molecule has 0 aliphatic heterocycles. The summed E-state index contributed by atoms with van der Waals surface area (Å²) in [5, 5.41) is 22.0. The third-order valence-corrected chi connectivity index (χ3v) is 2.06. The van der Waals surface area contributed by atoms with E-state index in [-0.39, 0.29) is 12.2 Å². The molecule has 0 heterocycles. The van der Waals surface area contributed by atoms with E-state index in [2.05, 4.69) is 17.2 Å². The van der Waals surface area contributed by atoms with Gasteiger partial charge in [-0.1, -0.05) is 5.92 Å². The zero-order valence-electron chi connectivity index (χ0n) is 9.36. The van der Waals surface area contributed by atoms with Gasteiger partial charge in [0.05, 0.1) is 23.1 Å². The molecule has 7 heteroatoms. The Morgan fingerprint density at radius 2 is 2.28 bits per heavy atom. The van der Waals surface area contributed by atoms with Gasteiger partial charge in [-0.3, -0.25) is 10.1 Å². The molecule has 6 nitrogen and oxygen atoms in total. The molecule has 0 saturated heterocycles. The van der Waals surface area contributed by atoms with Gasteiger partial charge in [-0.15, -0.1) is 5.92 Å². The van der Waals surface area contributed by atoms with Crippen molar-refractivity contribution < 1.29 is 19.2 Å². The topological polar surface area (TPSA) is 92.5 Å². The minimum Gasteiger partial charge on any atom is -0.478 e. The Morgan fingerprint density at radius 1 is 1.61 bits per heavy atom. The number of carboxylic acid groups (broad SMARTS) is 1. The third-order valence-electron chi connectivity index (χ3n) is 2.06. The van der Waals surface area contributed by atoms with Gasteiger partial charge in [0, 0.05) is 0 Å². The predicted octanol–water partition coefficient (Wildman–Crippen LogP) is 1.87. The summed E-state index contributed by atoms with van der Waals surface area (Å²) in [5.41, 5.74) is -1.25. The largest absolute Gasteiger partial charge is 0.478 e. The summed E-state index contributed by atoms with van der Waals surface area (Å²) < 4.78 is 13.3. The summed E-state index contributed by atoms with van der Waals surface area (Å²) in [6.45, 7) is 1.69. The van der Waals surface area contributed by atoms with Crippen molar-refractivity contribution in [2.24, 2.45) is 0 Å². The maximum Gasteiger partial charge on any atom is 0.338 e. The van der Waals surface area contributed by atoms with E-state index >= 15 is 0 Å². The Balaban J connectivity index is 3.24. The molecule has 0 bridgehead atoms. The number of benzene rings is 1. The Bertz CT molecular complexity index is 560. The first-order valence-electron chi connectivity index (χ1n) is 4.82. The minimum absolute atomic E-state index is 0.0819. The number of nitro benzene ring substituents is 1. The van der Waals surface area contributed by atoms with Crippen LogP contribution in [0, 0.1) is 27.8 Å².